The zero-order chi connectivity index (χ0) is 18.5. The van der Waals surface area contributed by atoms with E-state index in [1.807, 2.05) is 16.8 Å². The monoisotopic (exact) mass is 368 g/mol. The van der Waals surface area contributed by atoms with Gasteiger partial charge in [0, 0.05) is 57.3 Å². The summed E-state index contributed by atoms with van der Waals surface area (Å²) in [6.07, 6.45) is 4.93. The third-order valence-electron chi connectivity index (χ3n) is 6.43. The van der Waals surface area contributed by atoms with Gasteiger partial charge in [-0.15, -0.1) is 0 Å². The number of hydrogen-bond acceptors (Lipinski definition) is 5. The van der Waals surface area contributed by atoms with E-state index in [0.717, 1.165) is 70.0 Å². The van der Waals surface area contributed by atoms with E-state index in [0.29, 0.717) is 11.8 Å². The van der Waals surface area contributed by atoms with Crippen LogP contribution in [0.1, 0.15) is 24.6 Å². The standard InChI is InChI=1S/C20H28N6O/c1-14-4-10-24(11-14)20(27)15-12-25(13-15)19-16-5-8-23(2)9-6-17(16)22-18-3-7-21-26(18)19/h3,7,14-15H,4-6,8-13H2,1-2H3. The van der Waals surface area contributed by atoms with Gasteiger partial charge in [0.25, 0.3) is 0 Å². The number of fused-ring (bicyclic) bond motifs is 2. The second-order valence-electron chi connectivity index (χ2n) is 8.55. The van der Waals surface area contributed by atoms with Crippen molar-refractivity contribution >= 4 is 17.4 Å². The summed E-state index contributed by atoms with van der Waals surface area (Å²) in [6.45, 7) is 7.76. The van der Waals surface area contributed by atoms with E-state index in [9.17, 15) is 4.79 Å². The van der Waals surface area contributed by atoms with Crippen molar-refractivity contribution in [2.75, 3.05) is 51.2 Å². The second kappa shape index (κ2) is 6.48. The molecule has 0 spiro atoms. The molecule has 5 heterocycles. The minimum Gasteiger partial charge on any atom is -0.354 e. The van der Waals surface area contributed by atoms with Crippen LogP contribution in [0.3, 0.4) is 0 Å². The van der Waals surface area contributed by atoms with E-state index in [2.05, 4.69) is 33.8 Å². The average molecular weight is 368 g/mol. The molecule has 0 aromatic carbocycles. The number of hydrogen-bond donors (Lipinski definition) is 0. The molecule has 2 aromatic heterocycles. The first kappa shape index (κ1) is 17.0. The minimum atomic E-state index is 0.123. The summed E-state index contributed by atoms with van der Waals surface area (Å²) in [6, 6.07) is 1.98. The molecule has 0 aliphatic carbocycles. The number of anilines is 1. The maximum Gasteiger partial charge on any atom is 0.229 e. The molecule has 0 N–H and O–H groups in total. The van der Waals surface area contributed by atoms with Gasteiger partial charge in [-0.2, -0.15) is 9.61 Å². The van der Waals surface area contributed by atoms with E-state index >= 15 is 0 Å². The topological polar surface area (TPSA) is 57.0 Å². The van der Waals surface area contributed by atoms with E-state index in [1.165, 1.54) is 11.3 Å². The lowest BCUT2D eigenvalue weighted by Gasteiger charge is -2.42. The Hall–Kier alpha value is -2.15. The normalized spacial score (nSPS) is 24.1. The van der Waals surface area contributed by atoms with Crippen LogP contribution in [0.2, 0.25) is 0 Å². The van der Waals surface area contributed by atoms with Crippen molar-refractivity contribution in [1.29, 1.82) is 0 Å². The zero-order valence-corrected chi connectivity index (χ0v) is 16.3. The van der Waals surface area contributed by atoms with Crippen molar-refractivity contribution in [1.82, 2.24) is 24.4 Å². The third-order valence-corrected chi connectivity index (χ3v) is 6.43. The Bertz CT molecular complexity index is 871. The van der Waals surface area contributed by atoms with Gasteiger partial charge in [-0.05, 0) is 25.8 Å². The number of carbonyl (C=O) groups excluding carboxylic acids is 1. The molecular formula is C20H28N6O. The Labute approximate surface area is 159 Å². The maximum absolute atomic E-state index is 12.8. The number of likely N-dealkylation sites (tertiary alicyclic amines) is 1. The van der Waals surface area contributed by atoms with Gasteiger partial charge in [0.15, 0.2) is 5.65 Å². The summed E-state index contributed by atoms with van der Waals surface area (Å²) in [5, 5.41) is 4.54. The summed E-state index contributed by atoms with van der Waals surface area (Å²) in [5.74, 6) is 2.27. The number of likely N-dealkylation sites (N-methyl/N-ethyl adjacent to an activating group) is 1. The van der Waals surface area contributed by atoms with E-state index in [-0.39, 0.29) is 5.92 Å². The molecule has 2 aromatic rings. The first-order chi connectivity index (χ1) is 13.1. The fourth-order valence-corrected chi connectivity index (χ4v) is 4.71. The van der Waals surface area contributed by atoms with Crippen LogP contribution in [0, 0.1) is 11.8 Å². The van der Waals surface area contributed by atoms with Crippen LogP contribution >= 0.6 is 0 Å². The Morgan fingerprint density at radius 2 is 1.96 bits per heavy atom. The molecule has 2 fully saturated rings. The largest absolute Gasteiger partial charge is 0.354 e. The molecule has 1 amide bonds. The molecule has 2 saturated heterocycles. The van der Waals surface area contributed by atoms with Crippen molar-refractivity contribution in [3.05, 3.63) is 23.5 Å². The van der Waals surface area contributed by atoms with Crippen molar-refractivity contribution in [3.8, 4) is 0 Å². The van der Waals surface area contributed by atoms with Gasteiger partial charge < -0.3 is 14.7 Å². The van der Waals surface area contributed by atoms with Crippen LogP contribution in [-0.2, 0) is 17.6 Å². The molecule has 27 heavy (non-hydrogen) atoms. The molecule has 7 heteroatoms. The van der Waals surface area contributed by atoms with Crippen LogP contribution in [0.4, 0.5) is 5.82 Å². The Balaban J connectivity index is 1.41. The SMILES string of the molecule is CC1CCN(C(=O)C2CN(c3c4c(nc5ccnn35)CCN(C)CC4)C2)C1. The van der Waals surface area contributed by atoms with Crippen LogP contribution < -0.4 is 4.90 Å². The van der Waals surface area contributed by atoms with Crippen molar-refractivity contribution in [3.63, 3.8) is 0 Å². The summed E-state index contributed by atoms with van der Waals surface area (Å²) < 4.78 is 1.97. The van der Waals surface area contributed by atoms with Gasteiger partial charge in [-0.25, -0.2) is 4.98 Å². The maximum atomic E-state index is 12.8. The van der Waals surface area contributed by atoms with Gasteiger partial charge in [-0.1, -0.05) is 6.92 Å². The lowest BCUT2D eigenvalue weighted by Crippen LogP contribution is -2.55. The molecule has 0 radical (unpaired) electrons. The van der Waals surface area contributed by atoms with Gasteiger partial charge in [0.1, 0.15) is 5.82 Å². The highest BCUT2D eigenvalue weighted by Gasteiger charge is 2.39. The third kappa shape index (κ3) is 2.88. The average Bonchev–Trinajstić information content (AvgIpc) is 3.21. The van der Waals surface area contributed by atoms with E-state index in [1.54, 1.807) is 0 Å². The second-order valence-corrected chi connectivity index (χ2v) is 8.55. The summed E-state index contributed by atoms with van der Waals surface area (Å²) in [7, 11) is 2.17. The van der Waals surface area contributed by atoms with Crippen molar-refractivity contribution in [2.24, 2.45) is 11.8 Å². The van der Waals surface area contributed by atoms with E-state index < -0.39 is 0 Å². The van der Waals surface area contributed by atoms with Gasteiger partial charge in [0.2, 0.25) is 5.91 Å². The molecule has 0 bridgehead atoms. The Morgan fingerprint density at radius 3 is 2.74 bits per heavy atom. The zero-order valence-electron chi connectivity index (χ0n) is 16.3. The van der Waals surface area contributed by atoms with Crippen molar-refractivity contribution < 1.29 is 4.79 Å². The number of rotatable bonds is 2. The van der Waals surface area contributed by atoms with Crippen molar-refractivity contribution in [2.45, 2.75) is 26.2 Å². The van der Waals surface area contributed by atoms with Crippen LogP contribution in [0.5, 0.6) is 0 Å². The predicted octanol–water partition coefficient (Wildman–Crippen LogP) is 1.06. The first-order valence-corrected chi connectivity index (χ1v) is 10.2. The fourth-order valence-electron chi connectivity index (χ4n) is 4.71. The van der Waals surface area contributed by atoms with Crippen LogP contribution in [0.15, 0.2) is 12.3 Å². The van der Waals surface area contributed by atoms with Gasteiger partial charge in [-0.3, -0.25) is 4.79 Å². The molecule has 0 saturated carbocycles. The molecule has 7 nitrogen and oxygen atoms in total. The first-order valence-electron chi connectivity index (χ1n) is 10.2. The smallest absolute Gasteiger partial charge is 0.229 e. The predicted molar refractivity (Wildman–Crippen MR) is 104 cm³/mol. The number of nitrogens with zero attached hydrogens (tertiary/aromatic N) is 6. The summed E-state index contributed by atoms with van der Waals surface area (Å²) in [4.78, 5) is 24.5. The molecule has 1 atom stereocenters. The molecule has 144 valence electrons. The highest BCUT2D eigenvalue weighted by Crippen LogP contribution is 2.33. The Morgan fingerprint density at radius 1 is 1.15 bits per heavy atom. The highest BCUT2D eigenvalue weighted by molar-refractivity contribution is 5.82. The highest BCUT2D eigenvalue weighted by atomic mass is 16.2. The molecule has 3 aliphatic heterocycles. The van der Waals surface area contributed by atoms with Crippen LogP contribution in [-0.4, -0.2) is 76.6 Å². The van der Waals surface area contributed by atoms with Gasteiger partial charge in [0.05, 0.1) is 17.8 Å². The molecule has 3 aliphatic rings. The molecular weight excluding hydrogens is 340 g/mol. The number of amides is 1. The summed E-state index contributed by atoms with van der Waals surface area (Å²) in [5.41, 5.74) is 3.43. The lowest BCUT2D eigenvalue weighted by atomic mass is 9.96. The minimum absolute atomic E-state index is 0.123. The van der Waals surface area contributed by atoms with Gasteiger partial charge >= 0.3 is 0 Å². The molecule has 5 rings (SSSR count). The Kier molecular flexibility index (Phi) is 4.07. The van der Waals surface area contributed by atoms with E-state index in [4.69, 9.17) is 4.98 Å². The summed E-state index contributed by atoms with van der Waals surface area (Å²) >= 11 is 0. The fraction of sp³-hybridized carbons (Fsp3) is 0.650. The number of aromatic nitrogens is 3. The number of carbonyl (C=O) groups is 1. The quantitative estimate of drug-likeness (QED) is 0.794. The lowest BCUT2D eigenvalue weighted by molar-refractivity contribution is -0.135. The van der Waals surface area contributed by atoms with Crippen LogP contribution in [0.25, 0.3) is 5.65 Å². The molecule has 1 unspecified atom stereocenters.